The predicted molar refractivity (Wildman–Crippen MR) is 108 cm³/mol. The number of carbonyl (C=O) groups excluding carboxylic acids is 1. The minimum atomic E-state index is -4.62. The van der Waals surface area contributed by atoms with Crippen molar-refractivity contribution in [2.45, 2.75) is 13.1 Å². The highest BCUT2D eigenvalue weighted by Gasteiger charge is 2.36. The lowest BCUT2D eigenvalue weighted by molar-refractivity contribution is -0.132. The molecule has 1 aromatic carbocycles. The number of likely N-dealkylation sites (N-methyl/N-ethyl adjacent to an activating group) is 1. The molecule has 1 aliphatic heterocycles. The second-order valence-corrected chi connectivity index (χ2v) is 7.05. The molecule has 0 radical (unpaired) electrons. The summed E-state index contributed by atoms with van der Waals surface area (Å²) in [5.74, 6) is -0.408. The number of hydrogen-bond acceptors (Lipinski definition) is 5. The Morgan fingerprint density at radius 1 is 1.28 bits per heavy atom. The van der Waals surface area contributed by atoms with Crippen LogP contribution in [0.15, 0.2) is 23.3 Å². The third-order valence-corrected chi connectivity index (χ3v) is 5.00. The van der Waals surface area contributed by atoms with Crippen LogP contribution in [0.2, 0.25) is 5.02 Å². The number of rotatable bonds is 7. The van der Waals surface area contributed by atoms with E-state index in [0.29, 0.717) is 37.0 Å². The quantitative estimate of drug-likeness (QED) is 0.359. The zero-order valence-electron chi connectivity index (χ0n) is 16.2. The standard InChI is InChI=1S/C18H23Cl2F3N4O2/c1-3-27(24-16(11-19)18(21,22)23)12-17(28)26-8-6-25(7-9-26)14-5-4-13(20)10-15(14)29-2/h4-5,10H,3,6-9,11-12H2,1-2H3/b24-16+. The minimum Gasteiger partial charge on any atom is -0.495 e. The maximum absolute atomic E-state index is 12.8. The summed E-state index contributed by atoms with van der Waals surface area (Å²) in [6, 6.07) is 5.35. The van der Waals surface area contributed by atoms with Crippen LogP contribution in [-0.4, -0.2) is 80.0 Å². The van der Waals surface area contributed by atoms with Crippen LogP contribution in [-0.2, 0) is 4.79 Å². The summed E-state index contributed by atoms with van der Waals surface area (Å²) in [6.07, 6.45) is -4.62. The average molecular weight is 455 g/mol. The average Bonchev–Trinajstić information content (AvgIpc) is 2.69. The van der Waals surface area contributed by atoms with E-state index in [4.69, 9.17) is 27.9 Å². The highest BCUT2D eigenvalue weighted by atomic mass is 35.5. The van der Waals surface area contributed by atoms with E-state index < -0.39 is 17.8 Å². The van der Waals surface area contributed by atoms with Gasteiger partial charge in [-0.2, -0.15) is 18.3 Å². The molecule has 0 unspecified atom stereocenters. The molecule has 0 aliphatic carbocycles. The number of halogens is 5. The molecule has 1 aliphatic rings. The van der Waals surface area contributed by atoms with Gasteiger partial charge in [0.2, 0.25) is 5.91 Å². The molecular weight excluding hydrogens is 432 g/mol. The molecular formula is C18H23Cl2F3N4O2. The fraction of sp³-hybridized carbons (Fsp3) is 0.556. The topological polar surface area (TPSA) is 48.4 Å². The highest BCUT2D eigenvalue weighted by molar-refractivity contribution is 6.30. The van der Waals surface area contributed by atoms with Gasteiger partial charge in [0, 0.05) is 43.8 Å². The number of ether oxygens (including phenoxy) is 1. The number of hydrogen-bond donors (Lipinski definition) is 0. The number of methoxy groups -OCH3 is 1. The molecule has 0 saturated carbocycles. The van der Waals surface area contributed by atoms with Crippen molar-refractivity contribution in [3.05, 3.63) is 23.2 Å². The monoisotopic (exact) mass is 454 g/mol. The van der Waals surface area contributed by atoms with Gasteiger partial charge in [-0.05, 0) is 19.1 Å². The number of nitrogens with zero attached hydrogens (tertiary/aromatic N) is 4. The summed E-state index contributed by atoms with van der Waals surface area (Å²) >= 11 is 11.3. The molecule has 0 N–H and O–H groups in total. The maximum atomic E-state index is 12.8. The lowest BCUT2D eigenvalue weighted by atomic mass is 10.2. The fourth-order valence-electron chi connectivity index (χ4n) is 2.91. The molecule has 29 heavy (non-hydrogen) atoms. The summed E-state index contributed by atoms with van der Waals surface area (Å²) in [6.45, 7) is 3.55. The van der Waals surface area contributed by atoms with Crippen molar-refractivity contribution in [1.29, 1.82) is 0 Å². The van der Waals surface area contributed by atoms with E-state index in [9.17, 15) is 18.0 Å². The number of alkyl halides is 4. The van der Waals surface area contributed by atoms with Gasteiger partial charge >= 0.3 is 6.18 Å². The Balaban J connectivity index is 1.98. The lowest BCUT2D eigenvalue weighted by Gasteiger charge is -2.37. The minimum absolute atomic E-state index is 0.157. The second kappa shape index (κ2) is 10.2. The summed E-state index contributed by atoms with van der Waals surface area (Å²) in [4.78, 5) is 16.2. The van der Waals surface area contributed by atoms with Gasteiger partial charge in [-0.1, -0.05) is 11.6 Å². The Hall–Kier alpha value is -1.87. The summed E-state index contributed by atoms with van der Waals surface area (Å²) in [5.41, 5.74) is -0.241. The molecule has 0 aromatic heterocycles. The molecule has 0 bridgehead atoms. The van der Waals surface area contributed by atoms with E-state index >= 15 is 0 Å². The number of amides is 1. The summed E-state index contributed by atoms with van der Waals surface area (Å²) < 4.78 is 43.9. The van der Waals surface area contributed by atoms with Crippen molar-refractivity contribution in [2.75, 3.05) is 57.2 Å². The number of carbonyl (C=O) groups is 1. The zero-order chi connectivity index (χ0) is 21.6. The van der Waals surface area contributed by atoms with Crippen LogP contribution in [0.5, 0.6) is 5.75 Å². The van der Waals surface area contributed by atoms with Crippen LogP contribution in [0, 0.1) is 0 Å². The van der Waals surface area contributed by atoms with Gasteiger partial charge in [0.15, 0.2) is 5.71 Å². The Bertz CT molecular complexity index is 738. The zero-order valence-corrected chi connectivity index (χ0v) is 17.7. The molecule has 6 nitrogen and oxygen atoms in total. The number of anilines is 1. The van der Waals surface area contributed by atoms with E-state index in [1.807, 2.05) is 6.07 Å². The van der Waals surface area contributed by atoms with E-state index in [0.717, 1.165) is 10.7 Å². The molecule has 2 rings (SSSR count). The third kappa shape index (κ3) is 6.30. The number of piperazine rings is 1. The summed E-state index contributed by atoms with van der Waals surface area (Å²) in [7, 11) is 1.56. The smallest absolute Gasteiger partial charge is 0.432 e. The Labute approximate surface area is 177 Å². The first-order valence-corrected chi connectivity index (χ1v) is 9.92. The van der Waals surface area contributed by atoms with Crippen molar-refractivity contribution >= 4 is 40.5 Å². The van der Waals surface area contributed by atoms with Crippen LogP contribution < -0.4 is 9.64 Å². The van der Waals surface area contributed by atoms with Gasteiger partial charge < -0.3 is 14.5 Å². The van der Waals surface area contributed by atoms with Gasteiger partial charge in [-0.25, -0.2) is 0 Å². The third-order valence-electron chi connectivity index (χ3n) is 4.51. The van der Waals surface area contributed by atoms with Crippen LogP contribution in [0.25, 0.3) is 0 Å². The van der Waals surface area contributed by atoms with Crippen molar-refractivity contribution < 1.29 is 22.7 Å². The highest BCUT2D eigenvalue weighted by Crippen LogP contribution is 2.31. The Kier molecular flexibility index (Phi) is 8.27. The lowest BCUT2D eigenvalue weighted by Crippen LogP contribution is -2.51. The van der Waals surface area contributed by atoms with Crippen LogP contribution in [0.3, 0.4) is 0 Å². The predicted octanol–water partition coefficient (Wildman–Crippen LogP) is 3.48. The van der Waals surface area contributed by atoms with Crippen LogP contribution in [0.1, 0.15) is 6.92 Å². The summed E-state index contributed by atoms with van der Waals surface area (Å²) in [5, 5.41) is 5.17. The molecule has 1 heterocycles. The van der Waals surface area contributed by atoms with Crippen molar-refractivity contribution in [3.63, 3.8) is 0 Å². The van der Waals surface area contributed by atoms with Crippen molar-refractivity contribution in [1.82, 2.24) is 9.91 Å². The number of hydrazone groups is 1. The van der Waals surface area contributed by atoms with Gasteiger partial charge in [-0.3, -0.25) is 9.80 Å². The maximum Gasteiger partial charge on any atom is 0.432 e. The molecule has 11 heteroatoms. The molecule has 162 valence electrons. The van der Waals surface area contributed by atoms with Crippen LogP contribution >= 0.6 is 23.2 Å². The molecule has 0 spiro atoms. The molecule has 1 fully saturated rings. The van der Waals surface area contributed by atoms with Crippen molar-refractivity contribution in [2.24, 2.45) is 5.10 Å². The van der Waals surface area contributed by atoms with E-state index in [1.165, 1.54) is 0 Å². The first-order valence-electron chi connectivity index (χ1n) is 9.01. The number of benzene rings is 1. The molecule has 1 saturated heterocycles. The van der Waals surface area contributed by atoms with Gasteiger partial charge in [0.25, 0.3) is 0 Å². The molecule has 0 atom stereocenters. The van der Waals surface area contributed by atoms with E-state index in [1.54, 1.807) is 31.1 Å². The normalized spacial score (nSPS) is 15.5. The van der Waals surface area contributed by atoms with E-state index in [2.05, 4.69) is 10.0 Å². The van der Waals surface area contributed by atoms with Gasteiger partial charge in [0.05, 0.1) is 18.7 Å². The largest absolute Gasteiger partial charge is 0.495 e. The first kappa shape index (κ1) is 23.4. The van der Waals surface area contributed by atoms with Gasteiger partial charge in [0.1, 0.15) is 12.3 Å². The SMILES string of the molecule is CCN(CC(=O)N1CCN(c2ccc(Cl)cc2OC)CC1)/N=C(\CCl)C(F)(F)F. The fourth-order valence-corrected chi connectivity index (χ4v) is 3.28. The molecule has 1 aromatic rings. The first-order chi connectivity index (χ1) is 13.7. The Morgan fingerprint density at radius 2 is 1.93 bits per heavy atom. The Morgan fingerprint density at radius 3 is 2.45 bits per heavy atom. The molecule has 1 amide bonds. The van der Waals surface area contributed by atoms with E-state index in [-0.39, 0.29) is 19.0 Å². The van der Waals surface area contributed by atoms with Crippen molar-refractivity contribution in [3.8, 4) is 5.75 Å². The van der Waals surface area contributed by atoms with Gasteiger partial charge in [-0.15, -0.1) is 11.6 Å². The van der Waals surface area contributed by atoms with Crippen LogP contribution in [0.4, 0.5) is 18.9 Å². The second-order valence-electron chi connectivity index (χ2n) is 6.34.